The van der Waals surface area contributed by atoms with Gasteiger partial charge in [-0.2, -0.15) is 0 Å². The third kappa shape index (κ3) is 3.84. The Bertz CT molecular complexity index is 462. The van der Waals surface area contributed by atoms with Crippen molar-refractivity contribution in [3.05, 3.63) is 22.7 Å². The van der Waals surface area contributed by atoms with Crippen LogP contribution in [0.25, 0.3) is 0 Å². The van der Waals surface area contributed by atoms with Gasteiger partial charge in [0.15, 0.2) is 0 Å². The fourth-order valence-electron chi connectivity index (χ4n) is 2.13. The molecule has 1 aromatic carbocycles. The van der Waals surface area contributed by atoms with Crippen molar-refractivity contribution in [1.29, 1.82) is 0 Å². The van der Waals surface area contributed by atoms with E-state index in [0.29, 0.717) is 12.2 Å². The van der Waals surface area contributed by atoms with E-state index in [-0.39, 0.29) is 24.1 Å². The molecule has 106 valence electrons. The number of phenolic OH excluding ortho intramolecular Hbond substituents is 1. The number of anilines is 1. The highest BCUT2D eigenvalue weighted by molar-refractivity contribution is 9.10. The first-order valence-corrected chi connectivity index (χ1v) is 6.81. The summed E-state index contributed by atoms with van der Waals surface area (Å²) in [7, 11) is 0. The van der Waals surface area contributed by atoms with Crippen LogP contribution in [-0.4, -0.2) is 24.1 Å². The predicted octanol–water partition coefficient (Wildman–Crippen LogP) is 2.90. The monoisotopic (exact) mass is 348 g/mol. The van der Waals surface area contributed by atoms with Crippen molar-refractivity contribution < 1.29 is 9.90 Å². The number of amides is 1. The van der Waals surface area contributed by atoms with Crippen LogP contribution in [0.2, 0.25) is 0 Å². The van der Waals surface area contributed by atoms with E-state index in [2.05, 4.69) is 26.6 Å². The van der Waals surface area contributed by atoms with Crippen LogP contribution in [-0.2, 0) is 4.79 Å². The summed E-state index contributed by atoms with van der Waals surface area (Å²) in [6, 6.07) is 4.99. The second kappa shape index (κ2) is 6.59. The molecule has 1 amide bonds. The third-order valence-electron chi connectivity index (χ3n) is 3.35. The first kappa shape index (κ1) is 16.3. The Kier molecular flexibility index (Phi) is 5.64. The lowest BCUT2D eigenvalue weighted by Gasteiger charge is -2.32. The fraction of sp³-hybridized carbons (Fsp3) is 0.462. The molecular weight excluding hydrogens is 332 g/mol. The van der Waals surface area contributed by atoms with Gasteiger partial charge < -0.3 is 15.7 Å². The van der Waals surface area contributed by atoms with Gasteiger partial charge in [-0.1, -0.05) is 15.9 Å². The van der Waals surface area contributed by atoms with E-state index in [9.17, 15) is 9.90 Å². The average Bonchev–Trinajstić information content (AvgIpc) is 2.35. The lowest BCUT2D eigenvalue weighted by Crippen LogP contribution is -2.46. The van der Waals surface area contributed by atoms with Gasteiger partial charge in [-0.05, 0) is 44.5 Å². The lowest BCUT2D eigenvalue weighted by molar-refractivity contribution is -0.125. The molecule has 4 nitrogen and oxygen atoms in total. The van der Waals surface area contributed by atoms with Crippen molar-refractivity contribution >= 4 is 39.9 Å². The molecule has 0 aliphatic carbocycles. The van der Waals surface area contributed by atoms with Crippen molar-refractivity contribution in [2.24, 2.45) is 5.41 Å². The Balaban J connectivity index is 0.00000180. The topological polar surface area (TPSA) is 61.4 Å². The van der Waals surface area contributed by atoms with Crippen molar-refractivity contribution in [3.63, 3.8) is 0 Å². The van der Waals surface area contributed by atoms with Crippen LogP contribution in [0.15, 0.2) is 22.7 Å². The number of benzene rings is 1. The second-order valence-electron chi connectivity index (χ2n) is 4.96. The Hall–Kier alpha value is -0.780. The summed E-state index contributed by atoms with van der Waals surface area (Å²) in [6.45, 7) is 3.59. The average molecular weight is 350 g/mol. The van der Waals surface area contributed by atoms with E-state index in [0.717, 1.165) is 23.9 Å². The van der Waals surface area contributed by atoms with Gasteiger partial charge >= 0.3 is 0 Å². The Morgan fingerprint density at radius 2 is 2.26 bits per heavy atom. The van der Waals surface area contributed by atoms with Crippen LogP contribution < -0.4 is 10.6 Å². The molecule has 1 saturated heterocycles. The van der Waals surface area contributed by atoms with E-state index in [1.165, 1.54) is 0 Å². The van der Waals surface area contributed by atoms with Gasteiger partial charge in [0, 0.05) is 11.0 Å². The van der Waals surface area contributed by atoms with Gasteiger partial charge in [-0.15, -0.1) is 12.4 Å². The van der Waals surface area contributed by atoms with E-state index in [1.54, 1.807) is 18.2 Å². The number of nitrogens with one attached hydrogen (secondary N) is 2. The molecule has 19 heavy (non-hydrogen) atoms. The van der Waals surface area contributed by atoms with Gasteiger partial charge in [-0.3, -0.25) is 4.79 Å². The Labute approximate surface area is 127 Å². The molecule has 1 aliphatic heterocycles. The molecule has 0 radical (unpaired) electrons. The molecule has 0 bridgehead atoms. The van der Waals surface area contributed by atoms with E-state index < -0.39 is 5.41 Å². The number of piperidine rings is 1. The maximum atomic E-state index is 12.3. The molecule has 0 spiro atoms. The summed E-state index contributed by atoms with van der Waals surface area (Å²) in [5, 5.41) is 15.8. The molecule has 1 aliphatic rings. The van der Waals surface area contributed by atoms with E-state index in [4.69, 9.17) is 0 Å². The summed E-state index contributed by atoms with van der Waals surface area (Å²) in [5.41, 5.74) is 0.0358. The van der Waals surface area contributed by atoms with Crippen LogP contribution in [0.4, 0.5) is 5.69 Å². The van der Waals surface area contributed by atoms with Crippen molar-refractivity contribution in [2.75, 3.05) is 18.4 Å². The first-order chi connectivity index (χ1) is 8.51. The highest BCUT2D eigenvalue weighted by Gasteiger charge is 2.34. The number of carbonyl (C=O) groups excluding carboxylic acids is 1. The number of carbonyl (C=O) groups is 1. The fourth-order valence-corrected chi connectivity index (χ4v) is 2.49. The maximum absolute atomic E-state index is 12.3. The largest absolute Gasteiger partial charge is 0.506 e. The third-order valence-corrected chi connectivity index (χ3v) is 3.85. The van der Waals surface area contributed by atoms with Crippen LogP contribution in [0.3, 0.4) is 0 Å². The lowest BCUT2D eigenvalue weighted by atomic mass is 9.82. The highest BCUT2D eigenvalue weighted by atomic mass is 79.9. The van der Waals surface area contributed by atoms with E-state index in [1.807, 2.05) is 6.92 Å². The smallest absolute Gasteiger partial charge is 0.231 e. The molecule has 6 heteroatoms. The van der Waals surface area contributed by atoms with Crippen molar-refractivity contribution in [3.8, 4) is 5.75 Å². The van der Waals surface area contributed by atoms with Gasteiger partial charge in [0.25, 0.3) is 0 Å². The molecule has 2 rings (SSSR count). The minimum absolute atomic E-state index is 0. The number of rotatable bonds is 2. The van der Waals surface area contributed by atoms with Crippen molar-refractivity contribution in [1.82, 2.24) is 5.32 Å². The Morgan fingerprint density at radius 3 is 2.89 bits per heavy atom. The number of phenols is 1. The molecule has 1 unspecified atom stereocenters. The molecular formula is C13H18BrClN2O2. The zero-order valence-electron chi connectivity index (χ0n) is 10.7. The summed E-state index contributed by atoms with van der Waals surface area (Å²) in [4.78, 5) is 12.3. The number of aromatic hydroxyl groups is 1. The zero-order valence-corrected chi connectivity index (χ0v) is 13.1. The quantitative estimate of drug-likeness (QED) is 0.720. The zero-order chi connectivity index (χ0) is 13.2. The Morgan fingerprint density at radius 1 is 1.53 bits per heavy atom. The molecule has 1 aromatic rings. The van der Waals surface area contributed by atoms with Crippen molar-refractivity contribution in [2.45, 2.75) is 19.8 Å². The van der Waals surface area contributed by atoms with Gasteiger partial charge in [-0.25, -0.2) is 0 Å². The minimum Gasteiger partial charge on any atom is -0.506 e. The summed E-state index contributed by atoms with van der Waals surface area (Å²) in [5.74, 6) is 0.0296. The summed E-state index contributed by atoms with van der Waals surface area (Å²) >= 11 is 3.32. The number of hydrogen-bond donors (Lipinski definition) is 3. The van der Waals surface area contributed by atoms with Gasteiger partial charge in [0.2, 0.25) is 5.91 Å². The van der Waals surface area contributed by atoms with Crippen LogP contribution >= 0.6 is 28.3 Å². The number of halogens is 2. The summed E-state index contributed by atoms with van der Waals surface area (Å²) in [6.07, 6.45) is 1.86. The number of hydrogen-bond acceptors (Lipinski definition) is 3. The molecule has 1 atom stereocenters. The summed E-state index contributed by atoms with van der Waals surface area (Å²) < 4.78 is 0.822. The molecule has 0 saturated carbocycles. The molecule has 1 heterocycles. The maximum Gasteiger partial charge on any atom is 0.231 e. The molecule has 3 N–H and O–H groups in total. The van der Waals surface area contributed by atoms with Crippen LogP contribution in [0.5, 0.6) is 5.75 Å². The predicted molar refractivity (Wildman–Crippen MR) is 81.9 cm³/mol. The SMILES string of the molecule is CC1(C(=O)Nc2cc(Br)ccc2O)CCCNC1.Cl. The van der Waals surface area contributed by atoms with Gasteiger partial charge in [0.1, 0.15) is 5.75 Å². The molecule has 1 fully saturated rings. The normalized spacial score (nSPS) is 22.4. The minimum atomic E-state index is -0.410. The van der Waals surface area contributed by atoms with E-state index >= 15 is 0 Å². The van der Waals surface area contributed by atoms with Crippen LogP contribution in [0, 0.1) is 5.41 Å². The molecule has 0 aromatic heterocycles. The van der Waals surface area contributed by atoms with Crippen LogP contribution in [0.1, 0.15) is 19.8 Å². The first-order valence-electron chi connectivity index (χ1n) is 6.02. The highest BCUT2D eigenvalue weighted by Crippen LogP contribution is 2.31. The standard InChI is InChI=1S/C13H17BrN2O2.ClH/c1-13(5-2-6-15-8-13)12(18)16-10-7-9(14)3-4-11(10)17;/h3-4,7,15,17H,2,5-6,8H2,1H3,(H,16,18);1H. The second-order valence-corrected chi connectivity index (χ2v) is 5.87. The van der Waals surface area contributed by atoms with Gasteiger partial charge in [0.05, 0.1) is 11.1 Å².